The number of halogens is 2. The summed E-state index contributed by atoms with van der Waals surface area (Å²) in [4.78, 5) is 0.350. The Morgan fingerprint density at radius 2 is 1.84 bits per heavy atom. The zero-order chi connectivity index (χ0) is 14.0. The van der Waals surface area contributed by atoms with Crippen molar-refractivity contribution in [2.24, 2.45) is 5.73 Å². The Morgan fingerprint density at radius 1 is 1.11 bits per heavy atom. The normalized spacial score (nSPS) is 10.3. The fourth-order valence-electron chi connectivity index (χ4n) is 1.71. The first kappa shape index (κ1) is 14.1. The molecule has 5 heteroatoms. The number of nitrogens with one attached hydrogen (secondary N) is 1. The van der Waals surface area contributed by atoms with Crippen molar-refractivity contribution in [2.75, 3.05) is 5.32 Å². The Bertz CT molecular complexity index is 641. The molecule has 2 nitrogen and oxygen atoms in total. The van der Waals surface area contributed by atoms with Crippen molar-refractivity contribution in [2.45, 2.75) is 6.92 Å². The van der Waals surface area contributed by atoms with E-state index in [-0.39, 0.29) is 0 Å². The van der Waals surface area contributed by atoms with Gasteiger partial charge in [0.1, 0.15) is 4.99 Å². The molecule has 98 valence electrons. The van der Waals surface area contributed by atoms with Gasteiger partial charge in [0, 0.05) is 16.9 Å². The average molecular weight is 311 g/mol. The Labute approximate surface area is 127 Å². The van der Waals surface area contributed by atoms with Crippen LogP contribution < -0.4 is 11.1 Å². The van der Waals surface area contributed by atoms with Gasteiger partial charge in [-0.05, 0) is 42.8 Å². The van der Waals surface area contributed by atoms with Crippen molar-refractivity contribution < 1.29 is 0 Å². The number of aryl methyl sites for hydroxylation is 1. The van der Waals surface area contributed by atoms with Crippen LogP contribution in [-0.4, -0.2) is 4.99 Å². The van der Waals surface area contributed by atoms with Crippen molar-refractivity contribution in [3.05, 3.63) is 57.6 Å². The molecule has 3 N–H and O–H groups in total. The number of hydrogen-bond acceptors (Lipinski definition) is 2. The molecule has 0 aliphatic rings. The fraction of sp³-hybridized carbons (Fsp3) is 0.0714. The van der Waals surface area contributed by atoms with Crippen LogP contribution in [0.3, 0.4) is 0 Å². The highest BCUT2D eigenvalue weighted by molar-refractivity contribution is 7.80. The van der Waals surface area contributed by atoms with Crippen molar-refractivity contribution in [3.8, 4) is 0 Å². The zero-order valence-corrected chi connectivity index (χ0v) is 12.5. The summed E-state index contributed by atoms with van der Waals surface area (Å²) in [5, 5.41) is 4.27. The van der Waals surface area contributed by atoms with Crippen LogP contribution in [0.1, 0.15) is 11.1 Å². The third-order valence-electron chi connectivity index (χ3n) is 2.64. The van der Waals surface area contributed by atoms with Gasteiger partial charge in [0.25, 0.3) is 0 Å². The lowest BCUT2D eigenvalue weighted by atomic mass is 10.1. The van der Waals surface area contributed by atoms with Gasteiger partial charge in [-0.15, -0.1) is 0 Å². The average Bonchev–Trinajstić information content (AvgIpc) is 2.33. The second-order valence-corrected chi connectivity index (χ2v) is 5.42. The number of nitrogens with two attached hydrogens (primary N) is 1. The summed E-state index contributed by atoms with van der Waals surface area (Å²) in [7, 11) is 0. The zero-order valence-electron chi connectivity index (χ0n) is 10.2. The fourth-order valence-corrected chi connectivity index (χ4v) is 2.18. The standard InChI is InChI=1S/C14H12Cl2N2S/c1-8-2-4-10(14(17)19)13(6-8)18-9-3-5-11(15)12(16)7-9/h2-7,18H,1H3,(H2,17,19). The molecule has 0 radical (unpaired) electrons. The molecule has 0 fully saturated rings. The molecule has 0 unspecified atom stereocenters. The number of thiocarbonyl (C=S) groups is 1. The highest BCUT2D eigenvalue weighted by Gasteiger charge is 2.07. The van der Waals surface area contributed by atoms with E-state index >= 15 is 0 Å². The quantitative estimate of drug-likeness (QED) is 0.808. The lowest BCUT2D eigenvalue weighted by Crippen LogP contribution is -2.12. The number of anilines is 2. The van der Waals surface area contributed by atoms with E-state index in [9.17, 15) is 0 Å². The molecular formula is C14H12Cl2N2S. The summed E-state index contributed by atoms with van der Waals surface area (Å²) in [6.45, 7) is 2.00. The minimum absolute atomic E-state index is 0.350. The van der Waals surface area contributed by atoms with E-state index in [1.807, 2.05) is 31.2 Å². The molecule has 0 aliphatic carbocycles. The lowest BCUT2D eigenvalue weighted by Gasteiger charge is -2.12. The predicted octanol–water partition coefficient (Wildman–Crippen LogP) is 4.68. The van der Waals surface area contributed by atoms with Crippen molar-refractivity contribution >= 4 is 51.8 Å². The minimum Gasteiger partial charge on any atom is -0.389 e. The van der Waals surface area contributed by atoms with Crippen LogP contribution >= 0.6 is 35.4 Å². The molecule has 0 saturated heterocycles. The van der Waals surface area contributed by atoms with Gasteiger partial charge in [-0.3, -0.25) is 0 Å². The van der Waals surface area contributed by atoms with Gasteiger partial charge in [-0.25, -0.2) is 0 Å². The summed E-state index contributed by atoms with van der Waals surface area (Å²) >= 11 is 16.9. The summed E-state index contributed by atoms with van der Waals surface area (Å²) in [5.74, 6) is 0. The number of benzene rings is 2. The summed E-state index contributed by atoms with van der Waals surface area (Å²) < 4.78 is 0. The molecule has 19 heavy (non-hydrogen) atoms. The Balaban J connectivity index is 2.39. The van der Waals surface area contributed by atoms with E-state index < -0.39 is 0 Å². The van der Waals surface area contributed by atoms with Crippen LogP contribution in [-0.2, 0) is 0 Å². The van der Waals surface area contributed by atoms with E-state index in [2.05, 4.69) is 5.32 Å². The molecule has 2 aromatic carbocycles. The van der Waals surface area contributed by atoms with Gasteiger partial charge in [0.05, 0.1) is 10.0 Å². The SMILES string of the molecule is Cc1ccc(C(N)=S)c(Nc2ccc(Cl)c(Cl)c2)c1. The molecule has 0 saturated carbocycles. The van der Waals surface area contributed by atoms with Gasteiger partial charge in [-0.1, -0.05) is 41.5 Å². The van der Waals surface area contributed by atoms with E-state index in [0.29, 0.717) is 15.0 Å². The number of hydrogen-bond donors (Lipinski definition) is 2. The Kier molecular flexibility index (Phi) is 4.30. The van der Waals surface area contributed by atoms with E-state index in [1.54, 1.807) is 12.1 Å². The Hall–Kier alpha value is -1.29. The predicted molar refractivity (Wildman–Crippen MR) is 86.8 cm³/mol. The third-order valence-corrected chi connectivity index (χ3v) is 3.60. The lowest BCUT2D eigenvalue weighted by molar-refractivity contribution is 1.43. The molecule has 0 atom stereocenters. The maximum Gasteiger partial charge on any atom is 0.106 e. The van der Waals surface area contributed by atoms with Crippen LogP contribution in [0.2, 0.25) is 10.0 Å². The first-order chi connectivity index (χ1) is 8.97. The Morgan fingerprint density at radius 3 is 2.47 bits per heavy atom. The molecule has 0 heterocycles. The van der Waals surface area contributed by atoms with Crippen LogP contribution in [0.5, 0.6) is 0 Å². The first-order valence-corrected chi connectivity index (χ1v) is 6.76. The summed E-state index contributed by atoms with van der Waals surface area (Å²) in [5.41, 5.74) is 9.31. The highest BCUT2D eigenvalue weighted by atomic mass is 35.5. The van der Waals surface area contributed by atoms with Gasteiger partial charge >= 0.3 is 0 Å². The van der Waals surface area contributed by atoms with Gasteiger partial charge < -0.3 is 11.1 Å². The van der Waals surface area contributed by atoms with Crippen LogP contribution in [0, 0.1) is 6.92 Å². The second kappa shape index (κ2) is 5.78. The van der Waals surface area contributed by atoms with Gasteiger partial charge in [-0.2, -0.15) is 0 Å². The largest absolute Gasteiger partial charge is 0.389 e. The molecule has 0 amide bonds. The van der Waals surface area contributed by atoms with Crippen molar-refractivity contribution in [1.29, 1.82) is 0 Å². The molecule has 2 aromatic rings. The molecule has 2 rings (SSSR count). The van der Waals surface area contributed by atoms with Gasteiger partial charge in [0.2, 0.25) is 0 Å². The molecule has 0 aromatic heterocycles. The number of rotatable bonds is 3. The van der Waals surface area contributed by atoms with Crippen molar-refractivity contribution in [3.63, 3.8) is 0 Å². The minimum atomic E-state index is 0.350. The van der Waals surface area contributed by atoms with E-state index in [4.69, 9.17) is 41.2 Å². The van der Waals surface area contributed by atoms with Crippen molar-refractivity contribution in [1.82, 2.24) is 0 Å². The monoisotopic (exact) mass is 310 g/mol. The van der Waals surface area contributed by atoms with E-state index in [0.717, 1.165) is 22.5 Å². The summed E-state index contributed by atoms with van der Waals surface area (Å²) in [6.07, 6.45) is 0. The third kappa shape index (κ3) is 3.38. The molecular weight excluding hydrogens is 299 g/mol. The van der Waals surface area contributed by atoms with Crippen LogP contribution in [0.25, 0.3) is 0 Å². The smallest absolute Gasteiger partial charge is 0.106 e. The molecule has 0 aliphatic heterocycles. The van der Waals surface area contributed by atoms with Crippen LogP contribution in [0.15, 0.2) is 36.4 Å². The summed E-state index contributed by atoms with van der Waals surface area (Å²) in [6, 6.07) is 11.2. The van der Waals surface area contributed by atoms with Crippen LogP contribution in [0.4, 0.5) is 11.4 Å². The van der Waals surface area contributed by atoms with Gasteiger partial charge in [0.15, 0.2) is 0 Å². The topological polar surface area (TPSA) is 38.0 Å². The second-order valence-electron chi connectivity index (χ2n) is 4.17. The molecule has 0 bridgehead atoms. The maximum atomic E-state index is 5.99. The highest BCUT2D eigenvalue weighted by Crippen LogP contribution is 2.28. The van der Waals surface area contributed by atoms with E-state index in [1.165, 1.54) is 0 Å². The maximum absolute atomic E-state index is 5.99. The first-order valence-electron chi connectivity index (χ1n) is 5.60. The molecule has 0 spiro atoms.